The van der Waals surface area contributed by atoms with Crippen LogP contribution in [0.3, 0.4) is 0 Å². The van der Waals surface area contributed by atoms with Gasteiger partial charge in [0.05, 0.1) is 6.33 Å². The van der Waals surface area contributed by atoms with Crippen molar-refractivity contribution in [3.8, 4) is 0 Å². The summed E-state index contributed by atoms with van der Waals surface area (Å²) >= 11 is 0. The lowest BCUT2D eigenvalue weighted by atomic mass is 10.3. The van der Waals surface area contributed by atoms with Crippen molar-refractivity contribution >= 4 is 38.7 Å². The van der Waals surface area contributed by atoms with Crippen LogP contribution in [-0.4, -0.2) is 25.7 Å². The SMILES string of the molecule is CCCCCSSc1nc(N)nc2nc[nH]c12. The Morgan fingerprint density at radius 3 is 3.06 bits per heavy atom. The Bertz CT molecular complexity index is 485. The number of nitrogen functional groups attached to an aromatic ring is 1. The summed E-state index contributed by atoms with van der Waals surface area (Å²) in [5.41, 5.74) is 7.14. The smallest absolute Gasteiger partial charge is 0.223 e. The molecule has 2 rings (SSSR count). The first-order chi connectivity index (χ1) is 8.31. The third-order valence-corrected chi connectivity index (χ3v) is 4.59. The largest absolute Gasteiger partial charge is 0.368 e. The Kier molecular flexibility index (Phi) is 4.49. The fourth-order valence-electron chi connectivity index (χ4n) is 1.39. The minimum Gasteiger partial charge on any atom is -0.368 e. The highest BCUT2D eigenvalue weighted by Crippen LogP contribution is 2.33. The molecule has 0 unspecified atom stereocenters. The van der Waals surface area contributed by atoms with Gasteiger partial charge in [-0.05, 0) is 17.2 Å². The van der Waals surface area contributed by atoms with Gasteiger partial charge in [0.2, 0.25) is 5.95 Å². The van der Waals surface area contributed by atoms with Crippen molar-refractivity contribution in [3.05, 3.63) is 6.33 Å². The van der Waals surface area contributed by atoms with Gasteiger partial charge >= 0.3 is 0 Å². The minimum absolute atomic E-state index is 0.279. The van der Waals surface area contributed by atoms with Gasteiger partial charge in [-0.25, -0.2) is 9.97 Å². The molecule has 2 heterocycles. The van der Waals surface area contributed by atoms with Crippen LogP contribution in [0.4, 0.5) is 5.95 Å². The molecule has 0 amide bonds. The Morgan fingerprint density at radius 2 is 2.24 bits per heavy atom. The number of rotatable bonds is 6. The summed E-state index contributed by atoms with van der Waals surface area (Å²) < 4.78 is 0. The average Bonchev–Trinajstić information content (AvgIpc) is 2.76. The van der Waals surface area contributed by atoms with Crippen LogP contribution in [0, 0.1) is 0 Å². The molecule has 0 aliphatic carbocycles. The van der Waals surface area contributed by atoms with Crippen molar-refractivity contribution in [2.24, 2.45) is 0 Å². The molecule has 92 valence electrons. The van der Waals surface area contributed by atoms with E-state index in [1.807, 2.05) is 0 Å². The van der Waals surface area contributed by atoms with Gasteiger partial charge in [-0.3, -0.25) is 0 Å². The van der Waals surface area contributed by atoms with Gasteiger partial charge in [0, 0.05) is 5.75 Å². The highest BCUT2D eigenvalue weighted by molar-refractivity contribution is 8.76. The zero-order chi connectivity index (χ0) is 12.1. The number of hydrogen-bond acceptors (Lipinski definition) is 6. The summed E-state index contributed by atoms with van der Waals surface area (Å²) in [5, 5.41) is 0.867. The van der Waals surface area contributed by atoms with E-state index >= 15 is 0 Å². The van der Waals surface area contributed by atoms with Crippen LogP contribution >= 0.6 is 21.6 Å². The van der Waals surface area contributed by atoms with E-state index in [0.29, 0.717) is 5.65 Å². The third-order valence-electron chi connectivity index (χ3n) is 2.24. The minimum atomic E-state index is 0.279. The number of unbranched alkanes of at least 4 members (excludes halogenated alkanes) is 2. The predicted molar refractivity (Wildman–Crippen MR) is 73.9 cm³/mol. The Hall–Kier alpha value is -0.950. The van der Waals surface area contributed by atoms with Gasteiger partial charge in [0.1, 0.15) is 10.5 Å². The molecular formula is C10H15N5S2. The normalized spacial score (nSPS) is 11.1. The van der Waals surface area contributed by atoms with E-state index in [4.69, 9.17) is 5.73 Å². The lowest BCUT2D eigenvalue weighted by molar-refractivity contribution is 0.779. The summed E-state index contributed by atoms with van der Waals surface area (Å²) in [6.07, 6.45) is 5.38. The maximum absolute atomic E-state index is 5.64. The summed E-state index contributed by atoms with van der Waals surface area (Å²) in [5.74, 6) is 1.40. The maximum atomic E-state index is 5.64. The zero-order valence-electron chi connectivity index (χ0n) is 9.64. The second-order valence-electron chi connectivity index (χ2n) is 3.60. The molecule has 0 saturated carbocycles. The monoisotopic (exact) mass is 269 g/mol. The average molecular weight is 269 g/mol. The fourth-order valence-corrected chi connectivity index (χ4v) is 3.57. The molecule has 0 fully saturated rings. The molecule has 0 aliphatic rings. The van der Waals surface area contributed by atoms with Crippen molar-refractivity contribution in [1.82, 2.24) is 19.9 Å². The molecular weight excluding hydrogens is 254 g/mol. The summed E-state index contributed by atoms with van der Waals surface area (Å²) in [4.78, 5) is 15.4. The van der Waals surface area contributed by atoms with Gasteiger partial charge in [-0.15, -0.1) is 0 Å². The summed E-state index contributed by atoms with van der Waals surface area (Å²) in [6, 6.07) is 0. The number of nitrogens with zero attached hydrogens (tertiary/aromatic N) is 3. The van der Waals surface area contributed by atoms with Gasteiger partial charge in [0.15, 0.2) is 5.65 Å². The van der Waals surface area contributed by atoms with Crippen LogP contribution in [-0.2, 0) is 0 Å². The number of nitrogens with one attached hydrogen (secondary N) is 1. The molecule has 0 aliphatic heterocycles. The number of aromatic nitrogens is 4. The van der Waals surface area contributed by atoms with E-state index in [-0.39, 0.29) is 5.95 Å². The molecule has 7 heteroatoms. The second kappa shape index (κ2) is 6.11. The van der Waals surface area contributed by atoms with E-state index in [1.54, 1.807) is 27.9 Å². The van der Waals surface area contributed by atoms with Crippen molar-refractivity contribution in [1.29, 1.82) is 0 Å². The molecule has 17 heavy (non-hydrogen) atoms. The Morgan fingerprint density at radius 1 is 1.35 bits per heavy atom. The lowest BCUT2D eigenvalue weighted by Gasteiger charge is -2.02. The van der Waals surface area contributed by atoms with Gasteiger partial charge in [0.25, 0.3) is 0 Å². The number of H-pyrrole nitrogens is 1. The number of aromatic amines is 1. The molecule has 0 atom stereocenters. The second-order valence-corrected chi connectivity index (χ2v) is 6.00. The van der Waals surface area contributed by atoms with Crippen LogP contribution in [0.15, 0.2) is 11.4 Å². The Labute approximate surface area is 108 Å². The topological polar surface area (TPSA) is 80.5 Å². The van der Waals surface area contributed by atoms with Crippen LogP contribution in [0.2, 0.25) is 0 Å². The first-order valence-electron chi connectivity index (χ1n) is 5.57. The number of imidazole rings is 1. The van der Waals surface area contributed by atoms with Gasteiger partial charge in [-0.1, -0.05) is 30.6 Å². The molecule has 2 aromatic heterocycles. The molecule has 0 spiro atoms. The summed E-state index contributed by atoms with van der Waals surface area (Å²) in [7, 11) is 3.43. The van der Waals surface area contributed by atoms with E-state index in [2.05, 4.69) is 26.9 Å². The van der Waals surface area contributed by atoms with Crippen LogP contribution in [0.5, 0.6) is 0 Å². The molecule has 0 aromatic carbocycles. The van der Waals surface area contributed by atoms with Crippen molar-refractivity contribution < 1.29 is 0 Å². The number of hydrogen-bond donors (Lipinski definition) is 2. The number of anilines is 1. The quantitative estimate of drug-likeness (QED) is 0.477. The molecule has 0 bridgehead atoms. The first-order valence-corrected chi connectivity index (χ1v) is 7.89. The zero-order valence-corrected chi connectivity index (χ0v) is 11.3. The highest BCUT2D eigenvalue weighted by Gasteiger charge is 2.08. The lowest BCUT2D eigenvalue weighted by Crippen LogP contribution is -1.96. The summed E-state index contributed by atoms with van der Waals surface area (Å²) in [6.45, 7) is 2.21. The Balaban J connectivity index is 2.00. The molecule has 2 aromatic rings. The van der Waals surface area contributed by atoms with Gasteiger partial charge < -0.3 is 10.7 Å². The third kappa shape index (κ3) is 3.26. The van der Waals surface area contributed by atoms with Crippen LogP contribution in [0.25, 0.3) is 11.2 Å². The fraction of sp³-hybridized carbons (Fsp3) is 0.500. The molecule has 0 saturated heterocycles. The van der Waals surface area contributed by atoms with Crippen molar-refractivity contribution in [3.63, 3.8) is 0 Å². The van der Waals surface area contributed by atoms with Crippen LogP contribution in [0.1, 0.15) is 26.2 Å². The van der Waals surface area contributed by atoms with E-state index in [9.17, 15) is 0 Å². The maximum Gasteiger partial charge on any atom is 0.223 e. The number of nitrogens with two attached hydrogens (primary N) is 1. The van der Waals surface area contributed by atoms with Crippen molar-refractivity contribution in [2.45, 2.75) is 31.2 Å². The van der Waals surface area contributed by atoms with Crippen LogP contribution < -0.4 is 5.73 Å². The van der Waals surface area contributed by atoms with E-state index in [0.717, 1.165) is 16.3 Å². The highest BCUT2D eigenvalue weighted by atomic mass is 33.1. The van der Waals surface area contributed by atoms with Gasteiger partial charge in [-0.2, -0.15) is 4.98 Å². The standard InChI is InChI=1S/C10H15N5S2/c1-2-3-4-5-16-17-9-7-8(13-6-12-7)14-10(11)15-9/h6H,2-5H2,1H3,(H3,11,12,13,14,15). The predicted octanol–water partition coefficient (Wildman–Crippen LogP) is 2.87. The number of fused-ring (bicyclic) bond motifs is 1. The molecule has 5 nitrogen and oxygen atoms in total. The van der Waals surface area contributed by atoms with E-state index in [1.165, 1.54) is 19.3 Å². The van der Waals surface area contributed by atoms with E-state index < -0.39 is 0 Å². The van der Waals surface area contributed by atoms with Crippen molar-refractivity contribution in [2.75, 3.05) is 11.5 Å². The molecule has 3 N–H and O–H groups in total. The molecule has 0 radical (unpaired) electrons. The first kappa shape index (κ1) is 12.5.